The van der Waals surface area contributed by atoms with Crippen LogP contribution < -0.4 is 9.47 Å². The van der Waals surface area contributed by atoms with Crippen LogP contribution in [0.2, 0.25) is 0 Å². The highest BCUT2D eigenvalue weighted by molar-refractivity contribution is 5.34. The minimum absolute atomic E-state index is 0.00970. The molecular weight excluding hydrogens is 412 g/mol. The van der Waals surface area contributed by atoms with Crippen molar-refractivity contribution in [3.8, 4) is 17.2 Å². The van der Waals surface area contributed by atoms with Gasteiger partial charge in [0.1, 0.15) is 29.0 Å². The van der Waals surface area contributed by atoms with Gasteiger partial charge in [0, 0.05) is 0 Å². The fourth-order valence-electron chi connectivity index (χ4n) is 2.97. The average Bonchev–Trinajstić information content (AvgIpc) is 2.73. The van der Waals surface area contributed by atoms with Crippen molar-refractivity contribution in [2.75, 3.05) is 13.2 Å². The predicted octanol–water partition coefficient (Wildman–Crippen LogP) is 6.88. The molecule has 0 aliphatic rings. The molecule has 0 N–H and O–H groups in total. The van der Waals surface area contributed by atoms with Gasteiger partial charge in [-0.2, -0.15) is 13.2 Å². The van der Waals surface area contributed by atoms with E-state index in [1.807, 2.05) is 0 Å². The Balaban J connectivity index is 1.62. The van der Waals surface area contributed by atoms with Gasteiger partial charge in [-0.25, -0.2) is 4.39 Å². The van der Waals surface area contributed by atoms with Crippen molar-refractivity contribution in [1.29, 1.82) is 0 Å². The van der Waals surface area contributed by atoms with Crippen LogP contribution in [0.25, 0.3) is 0 Å². The molecule has 164 valence electrons. The highest BCUT2D eigenvalue weighted by atomic mass is 19.4. The van der Waals surface area contributed by atoms with Gasteiger partial charge in [0.15, 0.2) is 0 Å². The molecular formula is C24H22F4O3. The average molecular weight is 434 g/mol. The number of hydrogen-bond acceptors (Lipinski definition) is 3. The second kappa shape index (κ2) is 10.3. The first kappa shape index (κ1) is 22.6. The lowest BCUT2D eigenvalue weighted by Crippen LogP contribution is -2.25. The number of rotatable bonds is 9. The molecule has 0 heterocycles. The Bertz CT molecular complexity index is 954. The van der Waals surface area contributed by atoms with Crippen LogP contribution in [-0.2, 0) is 11.3 Å². The Hall–Kier alpha value is -3.06. The maximum absolute atomic E-state index is 13.6. The van der Waals surface area contributed by atoms with Crippen molar-refractivity contribution < 1.29 is 31.8 Å². The predicted molar refractivity (Wildman–Crippen MR) is 109 cm³/mol. The third-order valence-electron chi connectivity index (χ3n) is 4.49. The molecule has 0 spiro atoms. The fourth-order valence-corrected chi connectivity index (χ4v) is 2.97. The zero-order valence-electron chi connectivity index (χ0n) is 16.9. The maximum atomic E-state index is 13.6. The second-order valence-electron chi connectivity index (χ2n) is 6.81. The molecule has 0 aliphatic heterocycles. The van der Waals surface area contributed by atoms with Crippen LogP contribution in [0.15, 0.2) is 72.8 Å². The molecule has 0 saturated heterocycles. The number of halogens is 4. The van der Waals surface area contributed by atoms with E-state index in [0.717, 1.165) is 0 Å². The molecule has 0 saturated carbocycles. The summed E-state index contributed by atoms with van der Waals surface area (Å²) >= 11 is 0. The van der Waals surface area contributed by atoms with Gasteiger partial charge in [-0.05, 0) is 66.6 Å². The Morgan fingerprint density at radius 1 is 0.839 bits per heavy atom. The Morgan fingerprint density at radius 2 is 1.52 bits per heavy atom. The van der Waals surface area contributed by atoms with E-state index in [-0.39, 0.29) is 18.0 Å². The summed E-state index contributed by atoms with van der Waals surface area (Å²) in [6.07, 6.45) is -4.44. The largest absolute Gasteiger partial charge is 0.494 e. The first-order chi connectivity index (χ1) is 14.8. The Labute approximate surface area is 178 Å². The third kappa shape index (κ3) is 6.72. The molecule has 0 bridgehead atoms. The van der Waals surface area contributed by atoms with Gasteiger partial charge in [0.25, 0.3) is 0 Å². The lowest BCUT2D eigenvalue weighted by Gasteiger charge is -2.21. The quantitative estimate of drug-likeness (QED) is 0.344. The van der Waals surface area contributed by atoms with Crippen molar-refractivity contribution in [3.05, 3.63) is 89.7 Å². The number of ether oxygens (including phenoxy) is 3. The smallest absolute Gasteiger partial charge is 0.397 e. The van der Waals surface area contributed by atoms with Crippen molar-refractivity contribution in [1.82, 2.24) is 0 Å². The highest BCUT2D eigenvalue weighted by Gasteiger charge is 2.40. The molecule has 31 heavy (non-hydrogen) atoms. The summed E-state index contributed by atoms with van der Waals surface area (Å²) in [4.78, 5) is 0. The summed E-state index contributed by atoms with van der Waals surface area (Å²) in [7, 11) is 0. The first-order valence-electron chi connectivity index (χ1n) is 9.74. The second-order valence-corrected chi connectivity index (χ2v) is 6.81. The molecule has 1 atom stereocenters. The molecule has 0 aromatic heterocycles. The van der Waals surface area contributed by atoms with Gasteiger partial charge in [-0.3, -0.25) is 0 Å². The highest BCUT2D eigenvalue weighted by Crippen LogP contribution is 2.36. The minimum atomic E-state index is -4.44. The zero-order chi connectivity index (χ0) is 22.3. The topological polar surface area (TPSA) is 27.7 Å². The molecule has 0 aliphatic carbocycles. The molecule has 7 heteroatoms. The van der Waals surface area contributed by atoms with Gasteiger partial charge < -0.3 is 14.2 Å². The lowest BCUT2D eigenvalue weighted by molar-refractivity contribution is -0.163. The summed E-state index contributed by atoms with van der Waals surface area (Å²) in [6.45, 7) is 1.72. The molecule has 3 aromatic rings. The monoisotopic (exact) mass is 434 g/mol. The van der Waals surface area contributed by atoms with Crippen molar-refractivity contribution in [3.63, 3.8) is 0 Å². The van der Waals surface area contributed by atoms with Gasteiger partial charge >= 0.3 is 6.18 Å². The number of hydrogen-bond donors (Lipinski definition) is 0. The molecule has 0 fully saturated rings. The standard InChI is InChI=1S/C24H22F4O3/c1-2-30-20-10-6-18(7-11-20)23(24(26,27)28)16-29-15-17-4-3-5-22(14-17)31-21-12-8-19(25)9-13-21/h3-14,23H,2,15-16H2,1H3. The van der Waals surface area contributed by atoms with E-state index in [0.29, 0.717) is 29.4 Å². The maximum Gasteiger partial charge on any atom is 0.397 e. The van der Waals surface area contributed by atoms with Crippen LogP contribution in [0.5, 0.6) is 17.2 Å². The van der Waals surface area contributed by atoms with Gasteiger partial charge in [-0.15, -0.1) is 0 Å². The molecule has 0 radical (unpaired) electrons. The fraction of sp³-hybridized carbons (Fsp3) is 0.250. The van der Waals surface area contributed by atoms with Crippen LogP contribution in [-0.4, -0.2) is 19.4 Å². The van der Waals surface area contributed by atoms with Gasteiger partial charge in [-0.1, -0.05) is 24.3 Å². The Morgan fingerprint density at radius 3 is 2.16 bits per heavy atom. The van der Waals surface area contributed by atoms with E-state index >= 15 is 0 Å². The van der Waals surface area contributed by atoms with Crippen molar-refractivity contribution in [2.24, 2.45) is 0 Å². The zero-order valence-corrected chi connectivity index (χ0v) is 16.9. The summed E-state index contributed by atoms with van der Waals surface area (Å²) in [5.41, 5.74) is 0.775. The lowest BCUT2D eigenvalue weighted by atomic mass is 9.99. The van der Waals surface area contributed by atoms with E-state index in [9.17, 15) is 17.6 Å². The van der Waals surface area contributed by atoms with E-state index in [4.69, 9.17) is 14.2 Å². The van der Waals surface area contributed by atoms with E-state index in [1.165, 1.54) is 48.5 Å². The molecule has 3 nitrogen and oxygen atoms in total. The summed E-state index contributed by atoms with van der Waals surface area (Å²) in [5, 5.41) is 0. The number of alkyl halides is 3. The molecule has 3 aromatic carbocycles. The van der Waals surface area contributed by atoms with Crippen LogP contribution in [0.1, 0.15) is 24.0 Å². The van der Waals surface area contributed by atoms with Crippen LogP contribution in [0.4, 0.5) is 17.6 Å². The van der Waals surface area contributed by atoms with E-state index in [1.54, 1.807) is 31.2 Å². The minimum Gasteiger partial charge on any atom is -0.494 e. The summed E-state index contributed by atoms with van der Waals surface area (Å²) < 4.78 is 70.0. The molecule has 1 unspecified atom stereocenters. The molecule has 3 rings (SSSR count). The van der Waals surface area contributed by atoms with Crippen LogP contribution in [0, 0.1) is 5.82 Å². The molecule has 0 amide bonds. The first-order valence-corrected chi connectivity index (χ1v) is 9.74. The van der Waals surface area contributed by atoms with Crippen LogP contribution >= 0.6 is 0 Å². The van der Waals surface area contributed by atoms with Gasteiger partial charge in [0.05, 0.1) is 19.8 Å². The Kier molecular flexibility index (Phi) is 7.52. The van der Waals surface area contributed by atoms with Crippen LogP contribution in [0.3, 0.4) is 0 Å². The normalized spacial score (nSPS) is 12.4. The van der Waals surface area contributed by atoms with E-state index in [2.05, 4.69) is 0 Å². The summed E-state index contributed by atoms with van der Waals surface area (Å²) in [6, 6.07) is 18.2. The van der Waals surface area contributed by atoms with Crippen molar-refractivity contribution >= 4 is 0 Å². The SMILES string of the molecule is CCOc1ccc(C(COCc2cccc(Oc3ccc(F)cc3)c2)C(F)(F)F)cc1. The number of benzene rings is 3. The third-order valence-corrected chi connectivity index (χ3v) is 4.49. The summed E-state index contributed by atoms with van der Waals surface area (Å²) in [5.74, 6) is -0.673. The van der Waals surface area contributed by atoms with Crippen molar-refractivity contribution in [2.45, 2.75) is 25.6 Å². The van der Waals surface area contributed by atoms with Gasteiger partial charge in [0.2, 0.25) is 0 Å². The van der Waals surface area contributed by atoms with E-state index < -0.39 is 18.7 Å².